The standard InChI is InChI=1S/C10H12ClNO2/c1-6-4-7(2)10(11)12-8(6)5-9(13)14-3/h4H,5H2,1-3H3. The van der Waals surface area contributed by atoms with E-state index >= 15 is 0 Å². The lowest BCUT2D eigenvalue weighted by Crippen LogP contribution is -2.08. The van der Waals surface area contributed by atoms with E-state index in [1.165, 1.54) is 7.11 Å². The minimum absolute atomic E-state index is 0.169. The molecule has 0 saturated heterocycles. The van der Waals surface area contributed by atoms with Crippen LogP contribution in [0.15, 0.2) is 6.07 Å². The van der Waals surface area contributed by atoms with Gasteiger partial charge in [0, 0.05) is 0 Å². The number of hydrogen-bond donors (Lipinski definition) is 0. The van der Waals surface area contributed by atoms with E-state index in [1.807, 2.05) is 19.9 Å². The third-order valence-corrected chi connectivity index (χ3v) is 2.37. The van der Waals surface area contributed by atoms with E-state index < -0.39 is 0 Å². The van der Waals surface area contributed by atoms with Gasteiger partial charge < -0.3 is 4.74 Å². The number of halogens is 1. The maximum absolute atomic E-state index is 11.0. The maximum atomic E-state index is 11.0. The fourth-order valence-corrected chi connectivity index (χ4v) is 1.31. The van der Waals surface area contributed by atoms with Gasteiger partial charge in [0.05, 0.1) is 19.2 Å². The normalized spacial score (nSPS) is 10.0. The molecule has 1 aromatic heterocycles. The van der Waals surface area contributed by atoms with Gasteiger partial charge in [0.25, 0.3) is 0 Å². The predicted octanol–water partition coefficient (Wildman–Crippen LogP) is 2.07. The van der Waals surface area contributed by atoms with Crippen LogP contribution in [-0.4, -0.2) is 18.1 Å². The third kappa shape index (κ3) is 2.45. The van der Waals surface area contributed by atoms with Crippen molar-refractivity contribution in [3.8, 4) is 0 Å². The van der Waals surface area contributed by atoms with Crippen LogP contribution >= 0.6 is 11.6 Å². The monoisotopic (exact) mass is 213 g/mol. The summed E-state index contributed by atoms with van der Waals surface area (Å²) >= 11 is 5.85. The third-order valence-electron chi connectivity index (χ3n) is 1.99. The van der Waals surface area contributed by atoms with E-state index in [0.29, 0.717) is 10.8 Å². The molecule has 0 saturated carbocycles. The fourth-order valence-electron chi connectivity index (χ4n) is 1.15. The SMILES string of the molecule is COC(=O)Cc1nc(Cl)c(C)cc1C. The molecule has 0 bridgehead atoms. The van der Waals surface area contributed by atoms with E-state index in [0.717, 1.165) is 11.1 Å². The number of hydrogen-bond acceptors (Lipinski definition) is 3. The van der Waals surface area contributed by atoms with E-state index in [2.05, 4.69) is 9.72 Å². The van der Waals surface area contributed by atoms with Crippen LogP contribution < -0.4 is 0 Å². The van der Waals surface area contributed by atoms with Gasteiger partial charge in [-0.1, -0.05) is 17.7 Å². The zero-order valence-electron chi connectivity index (χ0n) is 8.43. The molecule has 0 N–H and O–H groups in total. The number of ether oxygens (including phenoxy) is 1. The van der Waals surface area contributed by atoms with E-state index in [9.17, 15) is 4.79 Å². The number of carbonyl (C=O) groups is 1. The topological polar surface area (TPSA) is 39.2 Å². The molecule has 0 aliphatic heterocycles. The number of pyridine rings is 1. The van der Waals surface area contributed by atoms with Crippen molar-refractivity contribution in [2.45, 2.75) is 20.3 Å². The van der Waals surface area contributed by atoms with Gasteiger partial charge in [0.1, 0.15) is 5.15 Å². The summed E-state index contributed by atoms with van der Waals surface area (Å²) in [7, 11) is 1.35. The van der Waals surface area contributed by atoms with Crippen molar-refractivity contribution < 1.29 is 9.53 Å². The number of nitrogens with zero attached hydrogens (tertiary/aromatic N) is 1. The molecule has 76 valence electrons. The Hall–Kier alpha value is -1.09. The highest BCUT2D eigenvalue weighted by atomic mass is 35.5. The van der Waals surface area contributed by atoms with Crippen LogP contribution in [0.1, 0.15) is 16.8 Å². The lowest BCUT2D eigenvalue weighted by Gasteiger charge is -2.06. The quantitative estimate of drug-likeness (QED) is 0.558. The summed E-state index contributed by atoms with van der Waals surface area (Å²) < 4.78 is 4.56. The Morgan fingerprint density at radius 1 is 1.50 bits per heavy atom. The molecule has 0 atom stereocenters. The Labute approximate surface area is 88.1 Å². The molecule has 0 aliphatic rings. The lowest BCUT2D eigenvalue weighted by atomic mass is 10.1. The van der Waals surface area contributed by atoms with Crippen molar-refractivity contribution in [3.05, 3.63) is 28.0 Å². The van der Waals surface area contributed by atoms with Gasteiger partial charge >= 0.3 is 5.97 Å². The van der Waals surface area contributed by atoms with Gasteiger partial charge in [-0.3, -0.25) is 4.79 Å². The highest BCUT2D eigenvalue weighted by molar-refractivity contribution is 6.30. The van der Waals surface area contributed by atoms with Crippen molar-refractivity contribution in [1.82, 2.24) is 4.98 Å². The predicted molar refractivity (Wildman–Crippen MR) is 54.4 cm³/mol. The van der Waals surface area contributed by atoms with Gasteiger partial charge in [-0.15, -0.1) is 0 Å². The van der Waals surface area contributed by atoms with Crippen LogP contribution in [-0.2, 0) is 16.0 Å². The zero-order chi connectivity index (χ0) is 10.7. The number of aryl methyl sites for hydroxylation is 2. The Bertz CT molecular complexity index is 363. The minimum atomic E-state index is -0.305. The van der Waals surface area contributed by atoms with Crippen LogP contribution in [0.4, 0.5) is 0 Å². The number of rotatable bonds is 2. The van der Waals surface area contributed by atoms with Crippen molar-refractivity contribution in [2.75, 3.05) is 7.11 Å². The average molecular weight is 214 g/mol. The van der Waals surface area contributed by atoms with Crippen molar-refractivity contribution in [2.24, 2.45) is 0 Å². The average Bonchev–Trinajstić information content (AvgIpc) is 2.14. The van der Waals surface area contributed by atoms with E-state index in [-0.39, 0.29) is 12.4 Å². The first kappa shape index (κ1) is 11.0. The van der Waals surface area contributed by atoms with Crippen molar-refractivity contribution in [1.29, 1.82) is 0 Å². The smallest absolute Gasteiger partial charge is 0.311 e. The number of carbonyl (C=O) groups excluding carboxylic acids is 1. The molecule has 0 unspecified atom stereocenters. The molecule has 0 radical (unpaired) electrons. The lowest BCUT2D eigenvalue weighted by molar-refractivity contribution is -0.139. The first-order chi connectivity index (χ1) is 6.54. The molecular formula is C10H12ClNO2. The Balaban J connectivity index is 2.98. The molecule has 1 heterocycles. The molecular weight excluding hydrogens is 202 g/mol. The summed E-state index contributed by atoms with van der Waals surface area (Å²) in [6.45, 7) is 3.78. The van der Waals surface area contributed by atoms with Crippen LogP contribution in [0, 0.1) is 13.8 Å². The molecule has 0 spiro atoms. The Kier molecular flexibility index (Phi) is 3.47. The van der Waals surface area contributed by atoms with Gasteiger partial charge in [-0.05, 0) is 25.0 Å². The number of methoxy groups -OCH3 is 1. The van der Waals surface area contributed by atoms with Crippen LogP contribution in [0.2, 0.25) is 5.15 Å². The van der Waals surface area contributed by atoms with Crippen LogP contribution in [0.5, 0.6) is 0 Å². The highest BCUT2D eigenvalue weighted by Gasteiger charge is 2.09. The molecule has 1 rings (SSSR count). The largest absolute Gasteiger partial charge is 0.469 e. The molecule has 4 heteroatoms. The number of esters is 1. The molecule has 3 nitrogen and oxygen atoms in total. The second-order valence-electron chi connectivity index (χ2n) is 3.11. The summed E-state index contributed by atoms with van der Waals surface area (Å²) in [5, 5.41) is 0.439. The molecule has 0 amide bonds. The van der Waals surface area contributed by atoms with E-state index in [1.54, 1.807) is 0 Å². The Morgan fingerprint density at radius 3 is 2.71 bits per heavy atom. The molecule has 0 fully saturated rings. The van der Waals surface area contributed by atoms with Gasteiger partial charge in [0.15, 0.2) is 0 Å². The maximum Gasteiger partial charge on any atom is 0.311 e. The highest BCUT2D eigenvalue weighted by Crippen LogP contribution is 2.16. The van der Waals surface area contributed by atoms with Crippen molar-refractivity contribution in [3.63, 3.8) is 0 Å². The second kappa shape index (κ2) is 4.42. The fraction of sp³-hybridized carbons (Fsp3) is 0.400. The van der Waals surface area contributed by atoms with Gasteiger partial charge in [-0.2, -0.15) is 0 Å². The Morgan fingerprint density at radius 2 is 2.14 bits per heavy atom. The molecule has 0 aliphatic carbocycles. The molecule has 0 aromatic carbocycles. The summed E-state index contributed by atoms with van der Waals surface area (Å²) in [6.07, 6.45) is 0.169. The summed E-state index contributed by atoms with van der Waals surface area (Å²) in [4.78, 5) is 15.1. The minimum Gasteiger partial charge on any atom is -0.469 e. The summed E-state index contributed by atoms with van der Waals surface area (Å²) in [6, 6.07) is 1.91. The van der Waals surface area contributed by atoms with Crippen molar-refractivity contribution >= 4 is 17.6 Å². The zero-order valence-corrected chi connectivity index (χ0v) is 9.18. The molecule has 14 heavy (non-hydrogen) atoms. The second-order valence-corrected chi connectivity index (χ2v) is 3.47. The first-order valence-corrected chi connectivity index (χ1v) is 4.62. The number of aromatic nitrogens is 1. The van der Waals surface area contributed by atoms with Crippen LogP contribution in [0.25, 0.3) is 0 Å². The van der Waals surface area contributed by atoms with Gasteiger partial charge in [-0.25, -0.2) is 4.98 Å². The van der Waals surface area contributed by atoms with E-state index in [4.69, 9.17) is 11.6 Å². The summed E-state index contributed by atoms with van der Waals surface area (Å²) in [5.74, 6) is -0.305. The van der Waals surface area contributed by atoms with Gasteiger partial charge in [0.2, 0.25) is 0 Å². The summed E-state index contributed by atoms with van der Waals surface area (Å²) in [5.41, 5.74) is 2.54. The first-order valence-electron chi connectivity index (χ1n) is 4.24. The van der Waals surface area contributed by atoms with Crippen LogP contribution in [0.3, 0.4) is 0 Å². The molecule has 1 aromatic rings.